The number of unbranched alkanes of at least 4 members (excludes halogenated alkanes) is 1. The Morgan fingerprint density at radius 3 is 2.70 bits per heavy atom. The summed E-state index contributed by atoms with van der Waals surface area (Å²) in [5.74, 6) is 1.53. The number of aromatic amines is 1. The Morgan fingerprint density at radius 2 is 1.97 bits per heavy atom. The van der Waals surface area contributed by atoms with E-state index in [1.807, 2.05) is 39.9 Å². The number of imidazole rings is 1. The predicted octanol–water partition coefficient (Wildman–Crippen LogP) is 2.98. The van der Waals surface area contributed by atoms with Crippen molar-refractivity contribution >= 4 is 0 Å². The average Bonchev–Trinajstić information content (AvgIpc) is 3.66. The Bertz CT molecular complexity index is 1440. The van der Waals surface area contributed by atoms with E-state index in [1.165, 1.54) is 0 Å². The van der Waals surface area contributed by atoms with Crippen LogP contribution >= 0.6 is 0 Å². The van der Waals surface area contributed by atoms with Gasteiger partial charge in [0.25, 0.3) is 0 Å². The van der Waals surface area contributed by atoms with E-state index in [-0.39, 0.29) is 5.69 Å². The zero-order chi connectivity index (χ0) is 25.8. The number of nitrogens with one attached hydrogen (secondary N) is 2. The molecule has 11 nitrogen and oxygen atoms in total. The summed E-state index contributed by atoms with van der Waals surface area (Å²) in [6.45, 7) is 7.58. The summed E-state index contributed by atoms with van der Waals surface area (Å²) in [4.78, 5) is 13.9. The minimum atomic E-state index is -0.558. The lowest BCUT2D eigenvalue weighted by Crippen LogP contribution is -2.36. The molecule has 1 aromatic carbocycles. The fourth-order valence-corrected chi connectivity index (χ4v) is 4.75. The monoisotopic (exact) mass is 500 g/mol. The van der Waals surface area contributed by atoms with E-state index in [9.17, 15) is 4.79 Å². The molecule has 0 saturated heterocycles. The maximum absolute atomic E-state index is 13.9. The minimum absolute atomic E-state index is 0.126. The molecule has 0 spiro atoms. The van der Waals surface area contributed by atoms with Crippen LogP contribution in [0.25, 0.3) is 17.3 Å². The van der Waals surface area contributed by atoms with Crippen molar-refractivity contribution in [3.8, 4) is 17.3 Å². The van der Waals surface area contributed by atoms with Crippen molar-refractivity contribution in [2.75, 3.05) is 0 Å². The van der Waals surface area contributed by atoms with Crippen molar-refractivity contribution in [1.82, 2.24) is 49.8 Å². The van der Waals surface area contributed by atoms with Gasteiger partial charge in [-0.15, -0.1) is 15.3 Å². The number of allylic oxidation sites excluding steroid dienone is 2. The van der Waals surface area contributed by atoms with Gasteiger partial charge in [-0.05, 0) is 53.2 Å². The summed E-state index contributed by atoms with van der Waals surface area (Å²) in [7, 11) is 0. The molecule has 5 rings (SSSR count). The summed E-state index contributed by atoms with van der Waals surface area (Å²) in [6, 6.07) is 8.08. The summed E-state index contributed by atoms with van der Waals surface area (Å²) in [6.07, 6.45) is 14.4. The van der Waals surface area contributed by atoms with Crippen molar-refractivity contribution in [1.29, 1.82) is 0 Å². The van der Waals surface area contributed by atoms with Crippen LogP contribution in [0, 0.1) is 5.92 Å². The van der Waals surface area contributed by atoms with Crippen molar-refractivity contribution in [3.63, 3.8) is 0 Å². The number of tetrazole rings is 1. The highest BCUT2D eigenvalue weighted by Crippen LogP contribution is 2.33. The topological polar surface area (TPSA) is 124 Å². The highest BCUT2D eigenvalue weighted by atomic mass is 16.2. The molecule has 37 heavy (non-hydrogen) atoms. The highest BCUT2D eigenvalue weighted by molar-refractivity contribution is 5.57. The Kier molecular flexibility index (Phi) is 6.85. The molecular formula is C26H32N10O. The summed E-state index contributed by atoms with van der Waals surface area (Å²) < 4.78 is 5.46. The first-order valence-corrected chi connectivity index (χ1v) is 12.7. The highest BCUT2D eigenvalue weighted by Gasteiger charge is 2.32. The van der Waals surface area contributed by atoms with E-state index < -0.39 is 5.41 Å². The lowest BCUT2D eigenvalue weighted by molar-refractivity contribution is 0.490. The Balaban J connectivity index is 1.60. The Hall–Kier alpha value is -4.28. The SMILES string of the molecule is CCCCc1cn(-c2nncn2CC(C)C)c(=O)n1CC1(c2cccc(-c3nnn[nH]3)c2)C=CNC=C1. The first kappa shape index (κ1) is 24.4. The normalized spacial score (nSPS) is 14.4. The third-order valence-corrected chi connectivity index (χ3v) is 6.61. The fourth-order valence-electron chi connectivity index (χ4n) is 4.75. The largest absolute Gasteiger partial charge is 0.368 e. The number of aromatic nitrogens is 9. The first-order valence-electron chi connectivity index (χ1n) is 12.7. The molecule has 0 fully saturated rings. The van der Waals surface area contributed by atoms with Gasteiger partial charge >= 0.3 is 5.69 Å². The third-order valence-electron chi connectivity index (χ3n) is 6.61. The molecule has 11 heteroatoms. The van der Waals surface area contributed by atoms with E-state index >= 15 is 0 Å². The van der Waals surface area contributed by atoms with Gasteiger partial charge < -0.3 is 5.32 Å². The van der Waals surface area contributed by atoms with Crippen LogP contribution in [0.15, 0.2) is 66.1 Å². The van der Waals surface area contributed by atoms with Crippen LogP contribution in [0.1, 0.15) is 44.9 Å². The Labute approximate surface area is 214 Å². The van der Waals surface area contributed by atoms with Crippen LogP contribution in [0.5, 0.6) is 0 Å². The standard InChI is InChI=1S/C26H32N10O/c1-4-5-9-22-16-35(24-31-28-18-34(24)15-19(2)3)25(37)36(22)17-26(10-12-27-13-11-26)21-8-6-7-20(14-21)23-29-32-33-30-23/h6-8,10-14,16,18-19,27H,4-5,9,15,17H2,1-3H3,(H,29,30,32,33). The van der Waals surface area contributed by atoms with Crippen molar-refractivity contribution in [2.24, 2.45) is 5.92 Å². The van der Waals surface area contributed by atoms with Crippen LogP contribution in [0.4, 0.5) is 0 Å². The number of dihydropyridines is 1. The second-order valence-electron chi connectivity index (χ2n) is 9.84. The number of benzene rings is 1. The lowest BCUT2D eigenvalue weighted by Gasteiger charge is -2.31. The summed E-state index contributed by atoms with van der Waals surface area (Å²) in [5, 5.41) is 25.9. The van der Waals surface area contributed by atoms with Gasteiger partial charge in [0.15, 0.2) is 5.82 Å². The third kappa shape index (κ3) is 4.89. The van der Waals surface area contributed by atoms with Crippen molar-refractivity contribution in [2.45, 2.75) is 58.5 Å². The van der Waals surface area contributed by atoms with Gasteiger partial charge in [-0.3, -0.25) is 9.13 Å². The van der Waals surface area contributed by atoms with Gasteiger partial charge in [-0.25, -0.2) is 14.5 Å². The molecule has 3 aromatic heterocycles. The number of rotatable bonds is 10. The minimum Gasteiger partial charge on any atom is -0.368 e. The van der Waals surface area contributed by atoms with Crippen molar-refractivity contribution in [3.05, 3.63) is 83.1 Å². The van der Waals surface area contributed by atoms with Crippen molar-refractivity contribution < 1.29 is 0 Å². The molecule has 0 radical (unpaired) electrons. The molecule has 4 aromatic rings. The molecule has 0 bridgehead atoms. The molecule has 0 saturated carbocycles. The van der Waals surface area contributed by atoms with Gasteiger partial charge in [0.05, 0.1) is 5.41 Å². The molecule has 192 valence electrons. The molecule has 0 atom stereocenters. The van der Waals surface area contributed by atoms with E-state index in [1.54, 1.807) is 10.9 Å². The van der Waals surface area contributed by atoms with E-state index in [4.69, 9.17) is 0 Å². The molecule has 1 aliphatic rings. The van der Waals surface area contributed by atoms with Gasteiger partial charge in [-0.1, -0.05) is 57.5 Å². The molecular weight excluding hydrogens is 468 g/mol. The maximum atomic E-state index is 13.9. The first-order chi connectivity index (χ1) is 18.0. The number of hydrogen-bond acceptors (Lipinski definition) is 7. The molecule has 0 amide bonds. The molecule has 0 unspecified atom stereocenters. The molecule has 1 aliphatic heterocycles. The van der Waals surface area contributed by atoms with Gasteiger partial charge in [0, 0.05) is 30.5 Å². The predicted molar refractivity (Wildman–Crippen MR) is 140 cm³/mol. The zero-order valence-corrected chi connectivity index (χ0v) is 21.4. The quantitative estimate of drug-likeness (QED) is 0.343. The van der Waals surface area contributed by atoms with Crippen LogP contribution in [0.2, 0.25) is 0 Å². The maximum Gasteiger partial charge on any atom is 0.335 e. The number of H-pyrrole nitrogens is 1. The smallest absolute Gasteiger partial charge is 0.335 e. The van der Waals surface area contributed by atoms with Crippen LogP contribution < -0.4 is 11.0 Å². The van der Waals surface area contributed by atoms with Gasteiger partial charge in [-0.2, -0.15) is 0 Å². The summed E-state index contributed by atoms with van der Waals surface area (Å²) >= 11 is 0. The average molecular weight is 501 g/mol. The van der Waals surface area contributed by atoms with Crippen LogP contribution in [-0.4, -0.2) is 44.5 Å². The van der Waals surface area contributed by atoms with E-state index in [2.05, 4.69) is 81.2 Å². The number of nitrogens with zero attached hydrogens (tertiary/aromatic N) is 8. The molecule has 2 N–H and O–H groups in total. The molecule has 0 aliphatic carbocycles. The second kappa shape index (κ2) is 10.4. The van der Waals surface area contributed by atoms with E-state index in [0.29, 0.717) is 24.2 Å². The Morgan fingerprint density at radius 1 is 1.14 bits per heavy atom. The number of hydrogen-bond donors (Lipinski definition) is 2. The molecule has 4 heterocycles. The van der Waals surface area contributed by atoms with Gasteiger partial charge in [0.1, 0.15) is 6.33 Å². The van der Waals surface area contributed by atoms with Gasteiger partial charge in [0.2, 0.25) is 5.95 Å². The van der Waals surface area contributed by atoms with Crippen LogP contribution in [-0.2, 0) is 24.9 Å². The van der Waals surface area contributed by atoms with Crippen LogP contribution in [0.3, 0.4) is 0 Å². The van der Waals surface area contributed by atoms with E-state index in [0.717, 1.165) is 42.6 Å². The fraction of sp³-hybridized carbons (Fsp3) is 0.385. The number of aryl methyl sites for hydroxylation is 1. The lowest BCUT2D eigenvalue weighted by atomic mass is 9.78. The second-order valence-corrected chi connectivity index (χ2v) is 9.84. The summed E-state index contributed by atoms with van der Waals surface area (Å²) in [5.41, 5.74) is 2.19. The zero-order valence-electron chi connectivity index (χ0n) is 21.4.